The molecular weight excluding hydrogens is 1630 g/mol. The van der Waals surface area contributed by atoms with E-state index in [4.69, 9.17) is 18.9 Å². The molecule has 2 aliphatic heterocycles. The zero-order chi connectivity index (χ0) is 88.4. The van der Waals surface area contributed by atoms with Crippen LogP contribution in [0.2, 0.25) is 0 Å². The quantitative estimate of drug-likeness (QED) is 0.0458. The normalized spacial score (nSPS) is 12.9. The van der Waals surface area contributed by atoms with Crippen molar-refractivity contribution in [3.05, 3.63) is 359 Å². The Morgan fingerprint density at radius 1 is 0.229 bits per heavy atom. The second-order valence-electron chi connectivity index (χ2n) is 36.6. The van der Waals surface area contributed by atoms with E-state index in [1.165, 1.54) is 219 Å². The molecule has 0 atom stereocenters. The Kier molecular flexibility index (Phi) is 24.4. The predicted octanol–water partition coefficient (Wildman–Crippen LogP) is 36.5. The van der Waals surface area contributed by atoms with Crippen molar-refractivity contribution in [3.63, 3.8) is 0 Å². The van der Waals surface area contributed by atoms with Gasteiger partial charge < -0.3 is 18.9 Å². The van der Waals surface area contributed by atoms with Crippen molar-refractivity contribution in [3.8, 4) is 155 Å². The van der Waals surface area contributed by atoms with E-state index >= 15 is 0 Å². The highest BCUT2D eigenvalue weighted by Gasteiger charge is 2.32. The minimum Gasteiger partial charge on any atom is -0.457 e. The third kappa shape index (κ3) is 17.3. The molecule has 0 saturated heterocycles. The van der Waals surface area contributed by atoms with Crippen molar-refractivity contribution < 1.29 is 18.9 Å². The maximum atomic E-state index is 7.15. The Bertz CT molecular complexity index is 6850. The summed E-state index contributed by atoms with van der Waals surface area (Å²) in [6.45, 7) is 13.9. The fourth-order valence-electron chi connectivity index (χ4n) is 20.7. The van der Waals surface area contributed by atoms with E-state index in [1.54, 1.807) is 0 Å². The van der Waals surface area contributed by atoms with E-state index < -0.39 is 0 Å². The standard InChI is InChI=1S/C125H112O4S2/c1-7-11-15-20-82-26-34-86(35-27-82)90-42-50-94(51-43-90)98-58-64-106-102(70-98)62-68-116-120(106)122-108-66-60-100(96-54-46-92(47-55-96)88-38-30-84(31-39-88)22-17-13-9-3)72-104(108)74-114(124(122)128-78-126-116)118-76-112(80(5)130-118)110-24-19-25-111(110)113-77-119(131-81(113)6)115-75-105-73-101(97-56-48-93(49-57-97)89-40-32-85(33-41-89)23-18-14-10-4)61-67-109(105)123-121-107-65-59-99(71-103(107)63-69-117(121)127-79-129-125(115)123)95-52-44-91(45-53-95)87-36-28-83(29-37-87)21-16-12-8-2/h26-77H,7-25,78-79H2,1-6H3. The molecule has 0 amide bonds. The zero-order valence-electron chi connectivity index (χ0n) is 76.3. The average molecular weight is 1740 g/mol. The summed E-state index contributed by atoms with van der Waals surface area (Å²) in [7, 11) is 0. The molecule has 6 heteroatoms. The Balaban J connectivity index is 0.654. The highest BCUT2D eigenvalue weighted by molar-refractivity contribution is 7.16. The van der Waals surface area contributed by atoms with Gasteiger partial charge >= 0.3 is 0 Å². The second-order valence-corrected chi connectivity index (χ2v) is 39.1. The summed E-state index contributed by atoms with van der Waals surface area (Å²) in [4.78, 5) is 4.92. The molecule has 1 aliphatic carbocycles. The molecule has 4 nitrogen and oxygen atoms in total. The van der Waals surface area contributed by atoms with Crippen molar-refractivity contribution in [1.82, 2.24) is 0 Å². The molecule has 0 unspecified atom stereocenters. The molecule has 3 aliphatic rings. The lowest BCUT2D eigenvalue weighted by molar-refractivity contribution is 0.125. The highest BCUT2D eigenvalue weighted by Crippen LogP contribution is 2.58. The minimum atomic E-state index is 0.0758. The van der Waals surface area contributed by atoms with Gasteiger partial charge in [-0.3, -0.25) is 0 Å². The summed E-state index contributed by atoms with van der Waals surface area (Å²) >= 11 is 3.75. The summed E-state index contributed by atoms with van der Waals surface area (Å²) in [6, 6.07) is 120. The molecule has 16 aromatic carbocycles. The first-order chi connectivity index (χ1) is 64.5. The SMILES string of the molecule is CCCCCc1ccc(-c2ccc(-c3ccc4c5c(ccc4c3)OCOc3c(-c4cc(C6=C(c7cc(-c8cc9cc(-c%10ccc(-c%11ccc(CCCCC)cc%11)cc%10)ccc9c9c8OCOc8ccc%10cc(-c%11ccc(-c%12ccc(CCCCC)cc%12)cc%11)ccc%10c8-9)sc7C)CCC6)c(C)s4)cc4cc(-c6ccc(-c7ccc(CCCCC)cc7)cc6)ccc4c3-5)cc2)cc1. The van der Waals surface area contributed by atoms with Crippen molar-refractivity contribution >= 4 is 76.9 Å². The maximum Gasteiger partial charge on any atom is 0.230 e. The summed E-state index contributed by atoms with van der Waals surface area (Å²) in [6.07, 6.45) is 22.4. The number of unbranched alkanes of at least 4 members (excludes halogenated alkanes) is 8. The monoisotopic (exact) mass is 1740 g/mol. The molecule has 0 fully saturated rings. The van der Waals surface area contributed by atoms with E-state index in [2.05, 4.69) is 357 Å². The van der Waals surface area contributed by atoms with Gasteiger partial charge in [0.05, 0.1) is 0 Å². The van der Waals surface area contributed by atoms with Crippen LogP contribution in [0.4, 0.5) is 0 Å². The molecular formula is C125H112O4S2. The van der Waals surface area contributed by atoms with Gasteiger partial charge in [0.1, 0.15) is 23.0 Å². The number of fused-ring (bicyclic) bond motifs is 14. The van der Waals surface area contributed by atoms with E-state index in [0.29, 0.717) is 0 Å². The zero-order valence-corrected chi connectivity index (χ0v) is 78.0. The number of thiophene rings is 2. The van der Waals surface area contributed by atoms with Gasteiger partial charge in [0.15, 0.2) is 0 Å². The predicted molar refractivity (Wildman–Crippen MR) is 559 cm³/mol. The molecule has 0 N–H and O–H groups in total. The lowest BCUT2D eigenvalue weighted by Crippen LogP contribution is -2.04. The van der Waals surface area contributed by atoms with Crippen LogP contribution in [-0.4, -0.2) is 13.6 Å². The van der Waals surface area contributed by atoms with Crippen LogP contribution >= 0.6 is 22.7 Å². The van der Waals surface area contributed by atoms with Gasteiger partial charge in [-0.2, -0.15) is 0 Å². The molecule has 0 saturated carbocycles. The highest BCUT2D eigenvalue weighted by atomic mass is 32.1. The second kappa shape index (κ2) is 37.8. The summed E-state index contributed by atoms with van der Waals surface area (Å²) in [5, 5.41) is 9.05. The van der Waals surface area contributed by atoms with Crippen LogP contribution < -0.4 is 18.9 Å². The summed E-state index contributed by atoms with van der Waals surface area (Å²) < 4.78 is 27.9. The lowest BCUT2D eigenvalue weighted by atomic mass is 9.87. The first-order valence-electron chi connectivity index (χ1n) is 48.1. The van der Waals surface area contributed by atoms with Crippen molar-refractivity contribution in [2.75, 3.05) is 13.6 Å². The van der Waals surface area contributed by atoms with Crippen molar-refractivity contribution in [2.24, 2.45) is 0 Å². The number of hydrogen-bond acceptors (Lipinski definition) is 6. The number of hydrogen-bond donors (Lipinski definition) is 0. The molecule has 648 valence electrons. The van der Waals surface area contributed by atoms with Crippen LogP contribution in [0.15, 0.2) is 315 Å². The largest absolute Gasteiger partial charge is 0.457 e. The third-order valence-electron chi connectivity index (χ3n) is 28.0. The van der Waals surface area contributed by atoms with Crippen LogP contribution in [0.25, 0.3) is 186 Å². The Labute approximate surface area is 781 Å². The van der Waals surface area contributed by atoms with Gasteiger partial charge in [0.2, 0.25) is 13.6 Å². The van der Waals surface area contributed by atoms with Crippen LogP contribution in [0.5, 0.6) is 23.0 Å². The Hall–Kier alpha value is -13.1. The van der Waals surface area contributed by atoms with Gasteiger partial charge in [0, 0.05) is 52.9 Å². The number of allylic oxidation sites excluding steroid dienone is 2. The number of ether oxygens (including phenoxy) is 4. The molecule has 0 radical (unpaired) electrons. The van der Waals surface area contributed by atoms with Gasteiger partial charge in [-0.15, -0.1) is 22.7 Å². The molecule has 131 heavy (non-hydrogen) atoms. The lowest BCUT2D eigenvalue weighted by Gasteiger charge is -2.18. The summed E-state index contributed by atoms with van der Waals surface area (Å²) in [5.74, 6) is 3.31. The van der Waals surface area contributed by atoms with Crippen LogP contribution in [0.1, 0.15) is 167 Å². The van der Waals surface area contributed by atoms with Crippen LogP contribution in [0.3, 0.4) is 0 Å². The third-order valence-corrected chi connectivity index (χ3v) is 30.2. The van der Waals surface area contributed by atoms with Crippen molar-refractivity contribution in [2.45, 2.75) is 164 Å². The average Bonchev–Trinajstić information content (AvgIpc) is 1.70. The number of benzene rings is 16. The Morgan fingerprint density at radius 2 is 0.481 bits per heavy atom. The topological polar surface area (TPSA) is 36.9 Å². The minimum absolute atomic E-state index is 0.0758. The molecule has 21 rings (SSSR count). The van der Waals surface area contributed by atoms with E-state index in [0.717, 1.165) is 156 Å². The Morgan fingerprint density at radius 3 is 0.763 bits per heavy atom. The van der Waals surface area contributed by atoms with Gasteiger partial charge in [-0.25, -0.2) is 0 Å². The van der Waals surface area contributed by atoms with E-state index in [9.17, 15) is 0 Å². The van der Waals surface area contributed by atoms with Gasteiger partial charge in [-0.05, 0) is 322 Å². The summed E-state index contributed by atoms with van der Waals surface area (Å²) in [5.41, 5.74) is 36.6. The van der Waals surface area contributed by atoms with Crippen molar-refractivity contribution in [1.29, 1.82) is 0 Å². The van der Waals surface area contributed by atoms with E-state index in [-0.39, 0.29) is 13.6 Å². The maximum absolute atomic E-state index is 7.15. The van der Waals surface area contributed by atoms with Gasteiger partial charge in [-0.1, -0.05) is 334 Å². The molecule has 0 bridgehead atoms. The first-order valence-corrected chi connectivity index (χ1v) is 49.8. The molecule has 2 aromatic heterocycles. The molecule has 0 spiro atoms. The smallest absolute Gasteiger partial charge is 0.230 e. The number of rotatable bonds is 28. The fourth-order valence-corrected chi connectivity index (χ4v) is 22.8. The van der Waals surface area contributed by atoms with Gasteiger partial charge in [0.25, 0.3) is 0 Å². The van der Waals surface area contributed by atoms with Crippen LogP contribution in [0, 0.1) is 13.8 Å². The first kappa shape index (κ1) is 84.7. The number of aryl methyl sites for hydroxylation is 6. The van der Waals surface area contributed by atoms with Crippen LogP contribution in [-0.2, 0) is 25.7 Å². The molecule has 18 aromatic rings. The van der Waals surface area contributed by atoms with E-state index in [1.807, 2.05) is 22.7 Å². The fraction of sp³-hybridized carbons (Fsp3) is 0.216. The molecule has 4 heterocycles.